The summed E-state index contributed by atoms with van der Waals surface area (Å²) in [5.41, 5.74) is 5.98. The van der Waals surface area contributed by atoms with E-state index in [0.29, 0.717) is 5.69 Å². The van der Waals surface area contributed by atoms with Crippen LogP contribution in [0.15, 0.2) is 53.6 Å². The molecule has 2 amide bonds. The smallest absolute Gasteiger partial charge is 0.267 e. The van der Waals surface area contributed by atoms with Crippen molar-refractivity contribution in [3.8, 4) is 5.75 Å². The van der Waals surface area contributed by atoms with Crippen LogP contribution in [0.5, 0.6) is 5.75 Å². The number of rotatable bonds is 7. The molecule has 1 aliphatic rings. The van der Waals surface area contributed by atoms with Crippen LogP contribution in [0.4, 0.5) is 14.5 Å². The Labute approximate surface area is 166 Å². The average molecular weight is 402 g/mol. The third-order valence-corrected chi connectivity index (χ3v) is 4.30. The van der Waals surface area contributed by atoms with Gasteiger partial charge >= 0.3 is 0 Å². The lowest BCUT2D eigenvalue weighted by molar-refractivity contribution is -0.119. The van der Waals surface area contributed by atoms with Crippen molar-refractivity contribution in [1.29, 1.82) is 0 Å². The molecule has 1 heterocycles. The number of benzene rings is 2. The quantitative estimate of drug-likeness (QED) is 0.740. The average Bonchev–Trinajstić information content (AvgIpc) is 3.14. The number of para-hydroxylation sites is 1. The summed E-state index contributed by atoms with van der Waals surface area (Å²) in [5.74, 6) is -2.00. The largest absolute Gasteiger partial charge is 0.488 e. The number of nitrogens with one attached hydrogen (secondary N) is 1. The molecule has 152 valence electrons. The molecule has 9 heteroatoms. The molecular weight excluding hydrogens is 382 g/mol. The van der Waals surface area contributed by atoms with E-state index in [1.807, 2.05) is 0 Å². The van der Waals surface area contributed by atoms with E-state index in [4.69, 9.17) is 10.5 Å². The van der Waals surface area contributed by atoms with Crippen molar-refractivity contribution in [2.45, 2.75) is 25.4 Å². The van der Waals surface area contributed by atoms with Gasteiger partial charge in [-0.2, -0.15) is 5.10 Å². The molecule has 2 aromatic carbocycles. The van der Waals surface area contributed by atoms with Crippen LogP contribution in [-0.4, -0.2) is 36.2 Å². The standard InChI is InChI=1S/C20H20F2N4O3/c1-12(11-29-18-5-3-2-4-15(18)22)24-20(28)16-10-17(19(23)27)26(25-16)14-8-6-13(21)7-9-14/h2-9,12,17H,10-11H2,1H3,(H2,23,27)(H,24,28). The van der Waals surface area contributed by atoms with Gasteiger partial charge in [0.2, 0.25) is 5.91 Å². The van der Waals surface area contributed by atoms with E-state index in [-0.39, 0.29) is 24.5 Å². The fourth-order valence-electron chi connectivity index (χ4n) is 2.83. The Morgan fingerprint density at radius 2 is 1.93 bits per heavy atom. The maximum atomic E-state index is 13.6. The normalized spacial score (nSPS) is 16.9. The number of amides is 2. The van der Waals surface area contributed by atoms with Crippen LogP contribution in [0.1, 0.15) is 13.3 Å². The van der Waals surface area contributed by atoms with Gasteiger partial charge in [-0.15, -0.1) is 0 Å². The SMILES string of the molecule is CC(COc1ccccc1F)NC(=O)C1=NN(c2ccc(F)cc2)C(C(N)=O)C1. The second-order valence-electron chi connectivity index (χ2n) is 6.61. The van der Waals surface area contributed by atoms with Crippen molar-refractivity contribution < 1.29 is 23.1 Å². The minimum Gasteiger partial charge on any atom is -0.488 e. The van der Waals surface area contributed by atoms with E-state index in [1.54, 1.807) is 19.1 Å². The maximum absolute atomic E-state index is 13.6. The number of ether oxygens (including phenoxy) is 1. The van der Waals surface area contributed by atoms with Gasteiger partial charge < -0.3 is 15.8 Å². The number of anilines is 1. The topological polar surface area (TPSA) is 97.0 Å². The van der Waals surface area contributed by atoms with Gasteiger partial charge in [0, 0.05) is 6.42 Å². The summed E-state index contributed by atoms with van der Waals surface area (Å²) in [6.07, 6.45) is 0.0133. The predicted molar refractivity (Wildman–Crippen MR) is 103 cm³/mol. The van der Waals surface area contributed by atoms with Crippen LogP contribution >= 0.6 is 0 Å². The first-order valence-electron chi connectivity index (χ1n) is 8.95. The van der Waals surface area contributed by atoms with Gasteiger partial charge in [0.25, 0.3) is 5.91 Å². The molecule has 0 aliphatic carbocycles. The zero-order chi connectivity index (χ0) is 21.0. The van der Waals surface area contributed by atoms with Crippen molar-refractivity contribution in [3.63, 3.8) is 0 Å². The summed E-state index contributed by atoms with van der Waals surface area (Å²) in [7, 11) is 0. The molecule has 0 saturated carbocycles. The lowest BCUT2D eigenvalue weighted by Crippen LogP contribution is -2.42. The van der Waals surface area contributed by atoms with Crippen LogP contribution in [0.2, 0.25) is 0 Å². The number of hydrogen-bond acceptors (Lipinski definition) is 5. The Bertz CT molecular complexity index is 934. The van der Waals surface area contributed by atoms with Gasteiger partial charge in [-0.25, -0.2) is 8.78 Å². The van der Waals surface area contributed by atoms with Gasteiger partial charge in [0.1, 0.15) is 24.2 Å². The Hall–Kier alpha value is -3.49. The predicted octanol–water partition coefficient (Wildman–Crippen LogP) is 1.97. The first-order valence-corrected chi connectivity index (χ1v) is 8.95. The molecule has 1 aliphatic heterocycles. The highest BCUT2D eigenvalue weighted by Crippen LogP contribution is 2.25. The zero-order valence-electron chi connectivity index (χ0n) is 15.6. The van der Waals surface area contributed by atoms with E-state index in [2.05, 4.69) is 10.4 Å². The lowest BCUT2D eigenvalue weighted by Gasteiger charge is -2.20. The number of primary amides is 1. The first-order chi connectivity index (χ1) is 13.8. The fourth-order valence-corrected chi connectivity index (χ4v) is 2.83. The van der Waals surface area contributed by atoms with Crippen LogP contribution in [-0.2, 0) is 9.59 Å². The number of halogens is 2. The third kappa shape index (κ3) is 4.87. The molecule has 3 N–H and O–H groups in total. The van der Waals surface area contributed by atoms with Crippen molar-refractivity contribution in [1.82, 2.24) is 5.32 Å². The minimum atomic E-state index is -0.855. The molecule has 29 heavy (non-hydrogen) atoms. The number of carbonyl (C=O) groups excluding carboxylic acids is 2. The number of hydrazone groups is 1. The molecular formula is C20H20F2N4O3. The number of nitrogens with two attached hydrogens (primary N) is 1. The zero-order valence-corrected chi connectivity index (χ0v) is 15.6. The van der Waals surface area contributed by atoms with Crippen molar-refractivity contribution in [2.24, 2.45) is 10.8 Å². The van der Waals surface area contributed by atoms with Crippen LogP contribution in [0.3, 0.4) is 0 Å². The van der Waals surface area contributed by atoms with Crippen LogP contribution in [0.25, 0.3) is 0 Å². The van der Waals surface area contributed by atoms with Crippen molar-refractivity contribution >= 4 is 23.2 Å². The highest BCUT2D eigenvalue weighted by molar-refractivity contribution is 6.40. The Kier molecular flexibility index (Phi) is 6.06. The molecule has 0 bridgehead atoms. The molecule has 2 aromatic rings. The highest BCUT2D eigenvalue weighted by Gasteiger charge is 2.35. The Morgan fingerprint density at radius 3 is 2.59 bits per heavy atom. The molecule has 0 spiro atoms. The van der Waals surface area contributed by atoms with E-state index in [1.165, 1.54) is 41.4 Å². The Morgan fingerprint density at radius 1 is 1.24 bits per heavy atom. The maximum Gasteiger partial charge on any atom is 0.267 e. The van der Waals surface area contributed by atoms with Gasteiger partial charge in [0.05, 0.1) is 11.7 Å². The van der Waals surface area contributed by atoms with Crippen molar-refractivity contribution in [3.05, 3.63) is 60.2 Å². The number of nitrogens with zero attached hydrogens (tertiary/aromatic N) is 2. The second-order valence-corrected chi connectivity index (χ2v) is 6.61. The van der Waals surface area contributed by atoms with Crippen LogP contribution < -0.4 is 20.8 Å². The van der Waals surface area contributed by atoms with Gasteiger partial charge in [0.15, 0.2) is 11.6 Å². The second kappa shape index (κ2) is 8.68. The highest BCUT2D eigenvalue weighted by atomic mass is 19.1. The first kappa shape index (κ1) is 20.2. The van der Waals surface area contributed by atoms with Gasteiger partial charge in [-0.05, 0) is 43.3 Å². The number of carbonyl (C=O) groups is 2. The monoisotopic (exact) mass is 402 g/mol. The van der Waals surface area contributed by atoms with Gasteiger partial charge in [-0.1, -0.05) is 12.1 Å². The van der Waals surface area contributed by atoms with E-state index in [0.717, 1.165) is 0 Å². The Balaban J connectivity index is 1.64. The molecule has 3 rings (SSSR count). The summed E-state index contributed by atoms with van der Waals surface area (Å²) in [5, 5.41) is 8.19. The summed E-state index contributed by atoms with van der Waals surface area (Å²) in [6, 6.07) is 10.00. The van der Waals surface area contributed by atoms with E-state index >= 15 is 0 Å². The summed E-state index contributed by atoms with van der Waals surface area (Å²) in [4.78, 5) is 24.3. The molecule has 0 aromatic heterocycles. The summed E-state index contributed by atoms with van der Waals surface area (Å²) in [6.45, 7) is 1.73. The molecule has 0 radical (unpaired) electrons. The summed E-state index contributed by atoms with van der Waals surface area (Å²) >= 11 is 0. The summed E-state index contributed by atoms with van der Waals surface area (Å²) < 4.78 is 32.1. The van der Waals surface area contributed by atoms with Crippen LogP contribution in [0, 0.1) is 11.6 Å². The molecule has 0 fully saturated rings. The third-order valence-electron chi connectivity index (χ3n) is 4.30. The number of hydrogen-bond donors (Lipinski definition) is 2. The molecule has 2 unspecified atom stereocenters. The molecule has 0 saturated heterocycles. The van der Waals surface area contributed by atoms with Gasteiger partial charge in [-0.3, -0.25) is 14.6 Å². The van der Waals surface area contributed by atoms with E-state index < -0.39 is 35.5 Å². The van der Waals surface area contributed by atoms with Crippen molar-refractivity contribution in [2.75, 3.05) is 11.6 Å². The van der Waals surface area contributed by atoms with E-state index in [9.17, 15) is 18.4 Å². The molecule has 7 nitrogen and oxygen atoms in total. The molecule has 2 atom stereocenters. The minimum absolute atomic E-state index is 0.0133. The lowest BCUT2D eigenvalue weighted by atomic mass is 10.1. The fraction of sp³-hybridized carbons (Fsp3) is 0.250.